The molecule has 1 aromatic carbocycles. The Morgan fingerprint density at radius 1 is 1.25 bits per heavy atom. The van der Waals surface area contributed by atoms with Crippen LogP contribution in [0.5, 0.6) is 0 Å². The third kappa shape index (κ3) is 5.46. The van der Waals surface area contributed by atoms with Crippen molar-refractivity contribution in [3.05, 3.63) is 34.3 Å². The molecule has 2 unspecified atom stereocenters. The molecule has 1 nitrogen and oxygen atoms in total. The van der Waals surface area contributed by atoms with Crippen molar-refractivity contribution in [3.63, 3.8) is 0 Å². The quantitative estimate of drug-likeness (QED) is 0.756. The minimum absolute atomic E-state index is 0.352. The summed E-state index contributed by atoms with van der Waals surface area (Å²) in [6.45, 7) is 14.6. The van der Waals surface area contributed by atoms with Crippen LogP contribution in [0.25, 0.3) is 0 Å². The molecule has 0 spiro atoms. The molecule has 0 aliphatic rings. The first-order valence-electron chi connectivity index (χ1n) is 7.72. The first-order chi connectivity index (χ1) is 9.24. The summed E-state index contributed by atoms with van der Waals surface area (Å²) < 4.78 is 0. The molecule has 114 valence electrons. The molecule has 0 radical (unpaired) electrons. The van der Waals surface area contributed by atoms with Crippen LogP contribution in [0.4, 0.5) is 0 Å². The van der Waals surface area contributed by atoms with Gasteiger partial charge in [0.15, 0.2) is 0 Å². The van der Waals surface area contributed by atoms with E-state index in [1.54, 1.807) is 0 Å². The number of hydrogen-bond donors (Lipinski definition) is 1. The molecule has 0 aliphatic heterocycles. The van der Waals surface area contributed by atoms with E-state index in [-0.39, 0.29) is 0 Å². The average molecular weight is 296 g/mol. The van der Waals surface area contributed by atoms with Crippen LogP contribution in [0.15, 0.2) is 18.2 Å². The topological polar surface area (TPSA) is 12.0 Å². The first-order valence-corrected chi connectivity index (χ1v) is 8.10. The Kier molecular flexibility index (Phi) is 6.54. The van der Waals surface area contributed by atoms with Crippen LogP contribution in [-0.4, -0.2) is 12.6 Å². The molecule has 1 aromatic rings. The van der Waals surface area contributed by atoms with Crippen molar-refractivity contribution in [3.8, 4) is 0 Å². The fourth-order valence-electron chi connectivity index (χ4n) is 2.39. The summed E-state index contributed by atoms with van der Waals surface area (Å²) in [4.78, 5) is 0. The highest BCUT2D eigenvalue weighted by Crippen LogP contribution is 2.30. The van der Waals surface area contributed by atoms with Crippen LogP contribution in [0.3, 0.4) is 0 Å². The van der Waals surface area contributed by atoms with Crippen molar-refractivity contribution >= 4 is 11.6 Å². The molecule has 1 N–H and O–H groups in total. The van der Waals surface area contributed by atoms with Crippen LogP contribution >= 0.6 is 11.6 Å². The molecular formula is C18H30ClN. The van der Waals surface area contributed by atoms with E-state index in [1.165, 1.54) is 17.5 Å². The number of nitrogens with one attached hydrogen (secondary N) is 1. The number of aryl methyl sites for hydroxylation is 1. The maximum Gasteiger partial charge on any atom is 0.0441 e. The second kappa shape index (κ2) is 7.47. The minimum atomic E-state index is 0.352. The highest BCUT2D eigenvalue weighted by atomic mass is 35.5. The van der Waals surface area contributed by atoms with Crippen LogP contribution in [-0.2, 0) is 6.42 Å². The van der Waals surface area contributed by atoms with Gasteiger partial charge in [-0.2, -0.15) is 0 Å². The lowest BCUT2D eigenvalue weighted by Gasteiger charge is -2.31. The van der Waals surface area contributed by atoms with Gasteiger partial charge in [-0.15, -0.1) is 0 Å². The molecule has 0 aromatic heterocycles. The summed E-state index contributed by atoms with van der Waals surface area (Å²) in [5, 5.41) is 4.52. The number of benzene rings is 1. The summed E-state index contributed by atoms with van der Waals surface area (Å²) in [5.74, 6) is 0.677. The summed E-state index contributed by atoms with van der Waals surface area (Å²) in [7, 11) is 0. The molecular weight excluding hydrogens is 266 g/mol. The number of likely N-dealkylation sites (N-methyl/N-ethyl adjacent to an activating group) is 1. The van der Waals surface area contributed by atoms with Gasteiger partial charge in [0.1, 0.15) is 0 Å². The monoisotopic (exact) mass is 295 g/mol. The van der Waals surface area contributed by atoms with Gasteiger partial charge < -0.3 is 5.32 Å². The second-order valence-electron chi connectivity index (χ2n) is 7.06. The van der Waals surface area contributed by atoms with E-state index in [9.17, 15) is 0 Å². The summed E-state index contributed by atoms with van der Waals surface area (Å²) in [6, 6.07) is 6.88. The molecule has 0 saturated heterocycles. The van der Waals surface area contributed by atoms with Gasteiger partial charge in [-0.1, -0.05) is 58.4 Å². The van der Waals surface area contributed by atoms with Crippen molar-refractivity contribution < 1.29 is 0 Å². The Morgan fingerprint density at radius 2 is 1.90 bits per heavy atom. The lowest BCUT2D eigenvalue weighted by atomic mass is 9.78. The van der Waals surface area contributed by atoms with Crippen molar-refractivity contribution in [2.24, 2.45) is 11.3 Å². The molecule has 0 saturated carbocycles. The van der Waals surface area contributed by atoms with Gasteiger partial charge in [-0.3, -0.25) is 0 Å². The van der Waals surface area contributed by atoms with E-state index >= 15 is 0 Å². The van der Waals surface area contributed by atoms with Gasteiger partial charge in [-0.05, 0) is 54.8 Å². The zero-order chi connectivity index (χ0) is 15.3. The van der Waals surface area contributed by atoms with Crippen LogP contribution in [0.2, 0.25) is 5.02 Å². The standard InChI is InChI=1S/C18H30ClN/c1-7-20-16(11-14(3)18(4,5)6)12-15-9-8-13(2)10-17(15)19/h8-10,14,16,20H,7,11-12H2,1-6H3. The normalized spacial score (nSPS) is 15.2. The van der Waals surface area contributed by atoms with E-state index in [0.29, 0.717) is 17.4 Å². The Bertz CT molecular complexity index is 420. The molecule has 2 heteroatoms. The smallest absolute Gasteiger partial charge is 0.0441 e. The minimum Gasteiger partial charge on any atom is -0.314 e. The molecule has 0 amide bonds. The second-order valence-corrected chi connectivity index (χ2v) is 7.46. The van der Waals surface area contributed by atoms with E-state index in [0.717, 1.165) is 18.0 Å². The zero-order valence-electron chi connectivity index (χ0n) is 13.9. The summed E-state index contributed by atoms with van der Waals surface area (Å²) in [5.41, 5.74) is 2.83. The molecule has 0 heterocycles. The first kappa shape index (κ1) is 17.5. The highest BCUT2D eigenvalue weighted by Gasteiger charge is 2.23. The molecule has 0 fully saturated rings. The van der Waals surface area contributed by atoms with Gasteiger partial charge >= 0.3 is 0 Å². The predicted molar refractivity (Wildman–Crippen MR) is 90.6 cm³/mol. The SMILES string of the molecule is CCNC(Cc1ccc(C)cc1Cl)CC(C)C(C)(C)C. The van der Waals surface area contributed by atoms with Crippen LogP contribution in [0, 0.1) is 18.3 Å². The van der Waals surface area contributed by atoms with Crippen molar-refractivity contribution in [2.45, 2.75) is 60.4 Å². The number of rotatable bonds is 6. The summed E-state index contributed by atoms with van der Waals surface area (Å²) in [6.07, 6.45) is 2.19. The highest BCUT2D eigenvalue weighted by molar-refractivity contribution is 6.31. The lowest BCUT2D eigenvalue weighted by Crippen LogP contribution is -2.35. The third-order valence-electron chi connectivity index (χ3n) is 4.28. The lowest BCUT2D eigenvalue weighted by molar-refractivity contribution is 0.222. The van der Waals surface area contributed by atoms with Gasteiger partial charge in [0.25, 0.3) is 0 Å². The Morgan fingerprint density at radius 3 is 2.40 bits per heavy atom. The number of halogens is 1. The molecule has 1 rings (SSSR count). The van der Waals surface area contributed by atoms with E-state index in [1.807, 2.05) is 0 Å². The fraction of sp³-hybridized carbons (Fsp3) is 0.667. The van der Waals surface area contributed by atoms with Gasteiger partial charge in [-0.25, -0.2) is 0 Å². The largest absolute Gasteiger partial charge is 0.314 e. The van der Waals surface area contributed by atoms with E-state index in [4.69, 9.17) is 11.6 Å². The fourth-order valence-corrected chi connectivity index (χ4v) is 2.70. The van der Waals surface area contributed by atoms with Crippen LogP contribution in [0.1, 0.15) is 52.2 Å². The van der Waals surface area contributed by atoms with Gasteiger partial charge in [0.05, 0.1) is 0 Å². The Labute approximate surface area is 130 Å². The van der Waals surface area contributed by atoms with Gasteiger partial charge in [0.2, 0.25) is 0 Å². The molecule has 2 atom stereocenters. The van der Waals surface area contributed by atoms with Gasteiger partial charge in [0, 0.05) is 11.1 Å². The van der Waals surface area contributed by atoms with E-state index < -0.39 is 0 Å². The van der Waals surface area contributed by atoms with Crippen LogP contribution < -0.4 is 5.32 Å². The average Bonchev–Trinajstić information content (AvgIpc) is 2.31. The van der Waals surface area contributed by atoms with Crippen molar-refractivity contribution in [1.82, 2.24) is 5.32 Å². The maximum atomic E-state index is 6.37. The predicted octanol–water partition coefficient (Wildman–Crippen LogP) is 5.24. The third-order valence-corrected chi connectivity index (χ3v) is 4.64. The van der Waals surface area contributed by atoms with Crippen molar-refractivity contribution in [1.29, 1.82) is 0 Å². The summed E-state index contributed by atoms with van der Waals surface area (Å²) >= 11 is 6.37. The maximum absolute atomic E-state index is 6.37. The molecule has 0 aliphatic carbocycles. The Balaban J connectivity index is 2.76. The molecule has 0 bridgehead atoms. The van der Waals surface area contributed by atoms with E-state index in [2.05, 4.69) is 65.1 Å². The number of hydrogen-bond acceptors (Lipinski definition) is 1. The molecule has 20 heavy (non-hydrogen) atoms. The van der Waals surface area contributed by atoms with Crippen molar-refractivity contribution in [2.75, 3.05) is 6.54 Å². The Hall–Kier alpha value is -0.530. The zero-order valence-corrected chi connectivity index (χ0v) is 14.6.